The average molecular weight is 433 g/mol. The number of sulfonamides is 1. The minimum atomic E-state index is -4.04. The molecule has 0 atom stereocenters. The van der Waals surface area contributed by atoms with Crippen LogP contribution >= 0.6 is 0 Å². The molecule has 0 unspecified atom stereocenters. The topological polar surface area (TPSA) is 117 Å². The number of carbonyl (C=O) groups excluding carboxylic acids is 2. The third kappa shape index (κ3) is 5.51. The summed E-state index contributed by atoms with van der Waals surface area (Å²) in [6.45, 7) is 3.27. The third-order valence-corrected chi connectivity index (χ3v) is 5.89. The molecule has 0 spiro atoms. The normalized spacial score (nSPS) is 11.7. The van der Waals surface area contributed by atoms with Crippen LogP contribution in [0.1, 0.15) is 12.5 Å². The predicted octanol–water partition coefficient (Wildman–Crippen LogP) is 2.35. The fourth-order valence-electron chi connectivity index (χ4n) is 2.50. The van der Waals surface area contributed by atoms with Crippen LogP contribution in [0.15, 0.2) is 70.9 Å². The molecule has 0 aromatic heterocycles. The highest BCUT2D eigenvalue weighted by atomic mass is 32.2. The second kappa shape index (κ2) is 9.79. The zero-order valence-electron chi connectivity index (χ0n) is 17.1. The molecule has 0 saturated carbocycles. The van der Waals surface area contributed by atoms with E-state index in [2.05, 4.69) is 16.2 Å². The van der Waals surface area contributed by atoms with Gasteiger partial charge in [-0.3, -0.25) is 15.2 Å². The molecular formula is C20H24N4O5S. The molecule has 0 saturated heterocycles. The number of aryl methyl sites for hydroxylation is 1. The van der Waals surface area contributed by atoms with Gasteiger partial charge in [-0.1, -0.05) is 35.9 Å². The van der Waals surface area contributed by atoms with E-state index in [0.29, 0.717) is 5.69 Å². The van der Waals surface area contributed by atoms with Crippen LogP contribution in [0.5, 0.6) is 0 Å². The number of anilines is 1. The lowest BCUT2D eigenvalue weighted by Gasteiger charge is -2.23. The van der Waals surface area contributed by atoms with E-state index in [1.165, 1.54) is 26.1 Å². The number of amides is 2. The van der Waals surface area contributed by atoms with Crippen LogP contribution in [0.3, 0.4) is 0 Å². The number of allylic oxidation sites excluding steroid dienone is 1. The number of nitrogens with one attached hydrogen (secondary N) is 3. The predicted molar refractivity (Wildman–Crippen MR) is 113 cm³/mol. The van der Waals surface area contributed by atoms with Gasteiger partial charge in [0.1, 0.15) is 0 Å². The van der Waals surface area contributed by atoms with Crippen molar-refractivity contribution < 1.29 is 22.7 Å². The molecule has 2 rings (SSSR count). The highest BCUT2D eigenvalue weighted by Crippen LogP contribution is 2.21. The largest absolute Gasteiger partial charge is 0.464 e. The molecule has 0 bridgehead atoms. The van der Waals surface area contributed by atoms with Crippen molar-refractivity contribution >= 4 is 27.7 Å². The SMILES string of the molecule is COC(=O)/C(=C(/C)NNC(=O)Nc1ccccc1)N(C)S(=O)(=O)c1ccc(C)cc1. The lowest BCUT2D eigenvalue weighted by Crippen LogP contribution is -2.42. The van der Waals surface area contributed by atoms with Gasteiger partial charge >= 0.3 is 12.0 Å². The van der Waals surface area contributed by atoms with Crippen LogP contribution in [-0.2, 0) is 19.6 Å². The number of hydrogen-bond acceptors (Lipinski definition) is 6. The highest BCUT2D eigenvalue weighted by Gasteiger charge is 2.29. The van der Waals surface area contributed by atoms with Gasteiger partial charge in [-0.05, 0) is 38.1 Å². The summed E-state index contributed by atoms with van der Waals surface area (Å²) in [6, 6.07) is 14.3. The standard InChI is InChI=1S/C20H24N4O5S/c1-14-10-12-17(13-11-14)30(27,28)24(3)18(19(25)29-4)15(2)22-23-20(26)21-16-8-6-5-7-9-16/h5-13,22H,1-4H3,(H2,21,23,26)/b18-15+. The van der Waals surface area contributed by atoms with Crippen molar-refractivity contribution in [2.75, 3.05) is 19.5 Å². The van der Waals surface area contributed by atoms with Gasteiger partial charge in [0.2, 0.25) is 0 Å². The molecule has 3 N–H and O–H groups in total. The van der Waals surface area contributed by atoms with E-state index in [4.69, 9.17) is 4.74 Å². The van der Waals surface area contributed by atoms with E-state index in [-0.39, 0.29) is 16.3 Å². The highest BCUT2D eigenvalue weighted by molar-refractivity contribution is 7.89. The Morgan fingerprint density at radius 2 is 1.57 bits per heavy atom. The molecule has 2 aromatic carbocycles. The van der Waals surface area contributed by atoms with E-state index in [1.807, 2.05) is 6.92 Å². The Morgan fingerprint density at radius 3 is 2.13 bits per heavy atom. The van der Waals surface area contributed by atoms with Crippen molar-refractivity contribution in [1.82, 2.24) is 15.2 Å². The quantitative estimate of drug-likeness (QED) is 0.351. The molecule has 0 radical (unpaired) electrons. The molecule has 0 heterocycles. The minimum Gasteiger partial charge on any atom is -0.464 e. The summed E-state index contributed by atoms with van der Waals surface area (Å²) < 4.78 is 31.4. The number of methoxy groups -OCH3 is 1. The number of nitrogens with zero attached hydrogens (tertiary/aromatic N) is 1. The summed E-state index contributed by atoms with van der Waals surface area (Å²) in [7, 11) is -1.67. The minimum absolute atomic E-state index is 0.0135. The summed E-state index contributed by atoms with van der Waals surface area (Å²) in [6.07, 6.45) is 0. The van der Waals surface area contributed by atoms with Gasteiger partial charge in [-0.15, -0.1) is 0 Å². The summed E-state index contributed by atoms with van der Waals surface area (Å²) in [4.78, 5) is 24.4. The third-order valence-electron chi connectivity index (χ3n) is 4.12. The Hall–Kier alpha value is -3.53. The van der Waals surface area contributed by atoms with Gasteiger partial charge < -0.3 is 10.1 Å². The molecule has 0 aliphatic heterocycles. The van der Waals surface area contributed by atoms with Gasteiger partial charge in [0.15, 0.2) is 5.70 Å². The number of benzene rings is 2. The molecule has 0 aliphatic rings. The summed E-state index contributed by atoms with van der Waals surface area (Å²) >= 11 is 0. The zero-order valence-corrected chi connectivity index (χ0v) is 17.9. The molecule has 0 aliphatic carbocycles. The summed E-state index contributed by atoms with van der Waals surface area (Å²) in [5, 5.41) is 2.59. The first kappa shape index (κ1) is 22.8. The second-order valence-corrected chi connectivity index (χ2v) is 8.29. The lowest BCUT2D eigenvalue weighted by atomic mass is 10.2. The lowest BCUT2D eigenvalue weighted by molar-refractivity contribution is -0.137. The number of urea groups is 1. The van der Waals surface area contributed by atoms with Crippen molar-refractivity contribution in [2.24, 2.45) is 0 Å². The van der Waals surface area contributed by atoms with Crippen LogP contribution in [0.4, 0.5) is 10.5 Å². The van der Waals surface area contributed by atoms with E-state index in [9.17, 15) is 18.0 Å². The number of para-hydroxylation sites is 1. The van der Waals surface area contributed by atoms with Crippen LogP contribution in [0.25, 0.3) is 0 Å². The van der Waals surface area contributed by atoms with Crippen LogP contribution < -0.4 is 16.2 Å². The Bertz CT molecular complexity index is 1030. The number of carbonyl (C=O) groups is 2. The number of likely N-dealkylation sites (N-methyl/N-ethyl adjacent to an activating group) is 1. The summed E-state index contributed by atoms with van der Waals surface area (Å²) in [5.74, 6) is -0.886. The molecule has 160 valence electrons. The Labute approximate surface area is 175 Å². The maximum atomic E-state index is 12.9. The molecule has 9 nitrogen and oxygen atoms in total. The average Bonchev–Trinajstić information content (AvgIpc) is 2.73. The van der Waals surface area contributed by atoms with Crippen LogP contribution in [-0.4, -0.2) is 38.9 Å². The molecule has 2 amide bonds. The monoisotopic (exact) mass is 432 g/mol. The molecule has 30 heavy (non-hydrogen) atoms. The van der Waals surface area contributed by atoms with E-state index >= 15 is 0 Å². The Morgan fingerprint density at radius 1 is 0.967 bits per heavy atom. The van der Waals surface area contributed by atoms with Gasteiger partial charge in [0.05, 0.1) is 17.7 Å². The fourth-order valence-corrected chi connectivity index (χ4v) is 3.74. The first-order valence-corrected chi connectivity index (χ1v) is 10.3. The Kier molecular flexibility index (Phi) is 7.43. The van der Waals surface area contributed by atoms with Gasteiger partial charge in [-0.25, -0.2) is 18.0 Å². The van der Waals surface area contributed by atoms with Crippen molar-refractivity contribution in [2.45, 2.75) is 18.7 Å². The van der Waals surface area contributed by atoms with Gasteiger partial charge in [0.25, 0.3) is 10.0 Å². The Balaban J connectivity index is 2.24. The maximum absolute atomic E-state index is 12.9. The number of hydrazine groups is 1. The summed E-state index contributed by atoms with van der Waals surface area (Å²) in [5.41, 5.74) is 6.15. The van der Waals surface area contributed by atoms with Crippen molar-refractivity contribution in [1.29, 1.82) is 0 Å². The molecular weight excluding hydrogens is 408 g/mol. The van der Waals surface area contributed by atoms with E-state index in [1.54, 1.807) is 42.5 Å². The van der Waals surface area contributed by atoms with Crippen LogP contribution in [0, 0.1) is 6.92 Å². The van der Waals surface area contributed by atoms with E-state index in [0.717, 1.165) is 17.0 Å². The maximum Gasteiger partial charge on any atom is 0.357 e. The first-order chi connectivity index (χ1) is 14.2. The molecule has 10 heteroatoms. The van der Waals surface area contributed by atoms with Gasteiger partial charge in [-0.2, -0.15) is 0 Å². The number of hydrogen-bond donors (Lipinski definition) is 3. The molecule has 0 fully saturated rings. The van der Waals surface area contributed by atoms with Crippen molar-refractivity contribution in [3.8, 4) is 0 Å². The van der Waals surface area contributed by atoms with Crippen LogP contribution in [0.2, 0.25) is 0 Å². The van der Waals surface area contributed by atoms with Crippen molar-refractivity contribution in [3.63, 3.8) is 0 Å². The fraction of sp³-hybridized carbons (Fsp3) is 0.200. The first-order valence-electron chi connectivity index (χ1n) is 8.89. The number of esters is 1. The smallest absolute Gasteiger partial charge is 0.357 e. The molecule has 2 aromatic rings. The second-order valence-electron chi connectivity index (χ2n) is 6.32. The zero-order chi connectivity index (χ0) is 22.3. The van der Waals surface area contributed by atoms with E-state index < -0.39 is 22.0 Å². The number of ether oxygens (including phenoxy) is 1. The van der Waals surface area contributed by atoms with Gasteiger partial charge in [0, 0.05) is 12.7 Å². The number of rotatable bonds is 7. The van der Waals surface area contributed by atoms with Crippen molar-refractivity contribution in [3.05, 3.63) is 71.6 Å².